The molecule has 0 radical (unpaired) electrons. The minimum absolute atomic E-state index is 0.125. The van der Waals surface area contributed by atoms with E-state index in [1.165, 1.54) is 0 Å². The van der Waals surface area contributed by atoms with Crippen molar-refractivity contribution in [2.75, 3.05) is 0 Å². The Labute approximate surface area is 173 Å². The highest BCUT2D eigenvalue weighted by Crippen LogP contribution is 2.16. The lowest BCUT2D eigenvalue weighted by Crippen LogP contribution is -2.39. The van der Waals surface area contributed by atoms with Crippen molar-refractivity contribution >= 4 is 28.2 Å². The fraction of sp³-hybridized carbons (Fsp3) is 0.182. The number of H-pyrrole nitrogens is 1. The molecule has 3 heterocycles. The molecule has 2 N–H and O–H groups in total. The van der Waals surface area contributed by atoms with Crippen molar-refractivity contribution in [3.05, 3.63) is 94.1 Å². The zero-order valence-corrected chi connectivity index (χ0v) is 16.8. The molecule has 0 aliphatic heterocycles. The largest absolute Gasteiger partial charge is 0.467 e. The van der Waals surface area contributed by atoms with Crippen molar-refractivity contribution in [1.29, 1.82) is 0 Å². The number of aryl methyl sites for hydroxylation is 1. The third kappa shape index (κ3) is 4.57. The van der Waals surface area contributed by atoms with Crippen LogP contribution in [0.25, 0.3) is 10.9 Å². The first kappa shape index (κ1) is 19.0. The van der Waals surface area contributed by atoms with Crippen molar-refractivity contribution in [3.63, 3.8) is 0 Å². The molecule has 1 aromatic carbocycles. The van der Waals surface area contributed by atoms with E-state index in [2.05, 4.69) is 16.4 Å². The number of hydrogen-bond donors (Lipinski definition) is 2. The summed E-state index contributed by atoms with van der Waals surface area (Å²) in [5, 5.41) is 4.70. The van der Waals surface area contributed by atoms with Crippen molar-refractivity contribution in [3.8, 4) is 0 Å². The Bertz CT molecular complexity index is 1160. The van der Waals surface area contributed by atoms with Gasteiger partial charge >= 0.3 is 0 Å². The maximum atomic E-state index is 12.6. The van der Waals surface area contributed by atoms with Crippen LogP contribution in [0.15, 0.2) is 74.7 Å². The number of benzene rings is 1. The summed E-state index contributed by atoms with van der Waals surface area (Å²) < 4.78 is 10.8. The molecule has 7 heteroatoms. The molecule has 148 valence electrons. The minimum Gasteiger partial charge on any atom is -0.467 e. The summed E-state index contributed by atoms with van der Waals surface area (Å²) in [6, 6.07) is 15.3. The monoisotopic (exact) mass is 407 g/mol. The maximum Gasteiger partial charge on any atom is 0.253 e. The van der Waals surface area contributed by atoms with E-state index in [1.807, 2.05) is 54.3 Å². The zero-order chi connectivity index (χ0) is 20.2. The van der Waals surface area contributed by atoms with E-state index in [0.717, 1.165) is 28.0 Å². The smallest absolute Gasteiger partial charge is 0.253 e. The second kappa shape index (κ2) is 8.36. The van der Waals surface area contributed by atoms with Crippen molar-refractivity contribution in [2.24, 2.45) is 0 Å². The number of nitrogens with zero attached hydrogens (tertiary/aromatic N) is 1. The molecule has 4 rings (SSSR count). The predicted octanol–water partition coefficient (Wildman–Crippen LogP) is 4.10. The fourth-order valence-corrected chi connectivity index (χ4v) is 3.37. The maximum absolute atomic E-state index is 12.6. The fourth-order valence-electron chi connectivity index (χ4n) is 3.17. The molecule has 0 spiro atoms. The number of pyridine rings is 1. The lowest BCUT2D eigenvalue weighted by atomic mass is 10.1. The molecular weight excluding hydrogens is 386 g/mol. The van der Waals surface area contributed by atoms with Gasteiger partial charge in [-0.2, -0.15) is 0 Å². The molecule has 0 saturated carbocycles. The van der Waals surface area contributed by atoms with Crippen LogP contribution in [-0.2, 0) is 19.6 Å². The van der Waals surface area contributed by atoms with Gasteiger partial charge in [0.2, 0.25) is 0 Å². The van der Waals surface area contributed by atoms with Crippen LogP contribution in [0.2, 0.25) is 0 Å². The third-order valence-electron chi connectivity index (χ3n) is 4.65. The molecule has 0 aliphatic carbocycles. The van der Waals surface area contributed by atoms with Crippen molar-refractivity contribution in [2.45, 2.75) is 26.6 Å². The summed E-state index contributed by atoms with van der Waals surface area (Å²) in [6.07, 6.45) is 3.25. The van der Waals surface area contributed by atoms with Gasteiger partial charge in [-0.15, -0.1) is 0 Å². The Kier molecular flexibility index (Phi) is 5.48. The summed E-state index contributed by atoms with van der Waals surface area (Å²) in [5.74, 6) is 1.55. The quantitative estimate of drug-likeness (QED) is 0.469. The van der Waals surface area contributed by atoms with Gasteiger partial charge in [0.05, 0.1) is 32.2 Å². The van der Waals surface area contributed by atoms with Crippen LogP contribution in [-0.4, -0.2) is 15.0 Å². The average molecular weight is 407 g/mol. The lowest BCUT2D eigenvalue weighted by Gasteiger charge is -2.24. The standard InChI is InChI=1S/C22H21N3O3S/c1-15-6-7-20-16(10-15)11-17(21(26)24-20)13-25(14-19-5-3-9-28-19)22(29)23-12-18-4-2-8-27-18/h2-11H,12-14H2,1H3,(H,23,29)(H,24,26). The highest BCUT2D eigenvalue weighted by atomic mass is 32.1. The molecule has 6 nitrogen and oxygen atoms in total. The van der Waals surface area contributed by atoms with Crippen LogP contribution in [0, 0.1) is 6.92 Å². The highest BCUT2D eigenvalue weighted by molar-refractivity contribution is 7.80. The lowest BCUT2D eigenvalue weighted by molar-refractivity contribution is 0.348. The number of nitrogens with one attached hydrogen (secondary N) is 2. The normalized spacial score (nSPS) is 10.9. The molecule has 0 atom stereocenters. The van der Waals surface area contributed by atoms with Gasteiger partial charge in [-0.05, 0) is 67.0 Å². The average Bonchev–Trinajstić information content (AvgIpc) is 3.40. The second-order valence-electron chi connectivity index (χ2n) is 6.89. The number of rotatable bonds is 6. The first-order chi connectivity index (χ1) is 14.1. The van der Waals surface area contributed by atoms with E-state index in [4.69, 9.17) is 21.1 Å². The van der Waals surface area contributed by atoms with E-state index in [9.17, 15) is 4.79 Å². The molecule has 3 aromatic heterocycles. The van der Waals surface area contributed by atoms with E-state index >= 15 is 0 Å². The summed E-state index contributed by atoms with van der Waals surface area (Å²) >= 11 is 5.60. The van der Waals surface area contributed by atoms with Crippen LogP contribution >= 0.6 is 12.2 Å². The Hall–Kier alpha value is -3.32. The molecule has 4 aromatic rings. The van der Waals surface area contributed by atoms with Crippen LogP contribution in [0.5, 0.6) is 0 Å². The molecular formula is C22H21N3O3S. The van der Waals surface area contributed by atoms with Crippen LogP contribution in [0.1, 0.15) is 22.6 Å². The van der Waals surface area contributed by atoms with Gasteiger partial charge in [0.25, 0.3) is 5.56 Å². The first-order valence-electron chi connectivity index (χ1n) is 9.28. The number of hydrogen-bond acceptors (Lipinski definition) is 4. The van der Waals surface area contributed by atoms with Gasteiger partial charge in [-0.1, -0.05) is 11.6 Å². The molecule has 0 saturated heterocycles. The Morgan fingerprint density at radius 2 is 1.83 bits per heavy atom. The SMILES string of the molecule is Cc1ccc2[nH]c(=O)c(CN(Cc3ccco3)C(=S)NCc3ccco3)cc2c1. The predicted molar refractivity (Wildman–Crippen MR) is 115 cm³/mol. The van der Waals surface area contributed by atoms with E-state index in [1.54, 1.807) is 12.5 Å². The molecule has 0 fully saturated rings. The minimum atomic E-state index is -0.125. The first-order valence-corrected chi connectivity index (χ1v) is 9.69. The Balaban J connectivity index is 1.58. The van der Waals surface area contributed by atoms with Gasteiger partial charge in [0.15, 0.2) is 5.11 Å². The second-order valence-corrected chi connectivity index (χ2v) is 7.27. The number of furan rings is 2. The number of aromatic amines is 1. The number of fused-ring (bicyclic) bond motifs is 1. The van der Waals surface area contributed by atoms with Gasteiger partial charge in [-0.25, -0.2) is 0 Å². The molecule has 29 heavy (non-hydrogen) atoms. The summed E-state index contributed by atoms with van der Waals surface area (Å²) in [4.78, 5) is 17.5. The van der Waals surface area contributed by atoms with Crippen molar-refractivity contribution in [1.82, 2.24) is 15.2 Å². The Morgan fingerprint density at radius 1 is 1.07 bits per heavy atom. The summed E-state index contributed by atoms with van der Waals surface area (Å²) in [6.45, 7) is 3.29. The van der Waals surface area contributed by atoms with Gasteiger partial charge in [-0.3, -0.25) is 4.79 Å². The highest BCUT2D eigenvalue weighted by Gasteiger charge is 2.15. The number of aromatic nitrogens is 1. The number of thiocarbonyl (C=S) groups is 1. The summed E-state index contributed by atoms with van der Waals surface area (Å²) in [7, 11) is 0. The van der Waals surface area contributed by atoms with Crippen LogP contribution < -0.4 is 10.9 Å². The van der Waals surface area contributed by atoms with Crippen molar-refractivity contribution < 1.29 is 8.83 Å². The molecule has 0 aliphatic rings. The topological polar surface area (TPSA) is 74.4 Å². The van der Waals surface area contributed by atoms with E-state index in [-0.39, 0.29) is 5.56 Å². The third-order valence-corrected chi connectivity index (χ3v) is 5.05. The molecule has 0 bridgehead atoms. The van der Waals surface area contributed by atoms with E-state index < -0.39 is 0 Å². The molecule has 0 unspecified atom stereocenters. The van der Waals surface area contributed by atoms with Crippen LogP contribution in [0.3, 0.4) is 0 Å². The zero-order valence-electron chi connectivity index (χ0n) is 16.0. The van der Waals surface area contributed by atoms with E-state index in [0.29, 0.717) is 30.3 Å². The molecule has 0 amide bonds. The van der Waals surface area contributed by atoms with Crippen LogP contribution in [0.4, 0.5) is 0 Å². The Morgan fingerprint density at radius 3 is 2.55 bits per heavy atom. The summed E-state index contributed by atoms with van der Waals surface area (Å²) in [5.41, 5.74) is 2.47. The van der Waals surface area contributed by atoms with Gasteiger partial charge < -0.3 is 24.0 Å². The van der Waals surface area contributed by atoms with Gasteiger partial charge in [0, 0.05) is 11.1 Å². The van der Waals surface area contributed by atoms with Gasteiger partial charge in [0.1, 0.15) is 11.5 Å².